The van der Waals surface area contributed by atoms with Crippen molar-refractivity contribution in [3.8, 4) is 0 Å². The van der Waals surface area contributed by atoms with Gasteiger partial charge in [0.15, 0.2) is 0 Å². The second-order valence-electron chi connectivity index (χ2n) is 5.26. The molecule has 0 spiro atoms. The monoisotopic (exact) mass is 229 g/mol. The Bertz CT molecular complexity index is 167. The van der Waals surface area contributed by atoms with Crippen molar-refractivity contribution >= 4 is 0 Å². The van der Waals surface area contributed by atoms with Crippen molar-refractivity contribution in [2.45, 2.75) is 33.1 Å². The van der Waals surface area contributed by atoms with E-state index in [9.17, 15) is 5.11 Å². The Morgan fingerprint density at radius 3 is 2.38 bits per heavy atom. The van der Waals surface area contributed by atoms with Crippen molar-refractivity contribution < 1.29 is 9.84 Å². The summed E-state index contributed by atoms with van der Waals surface area (Å²) < 4.78 is 5.32. The largest absolute Gasteiger partial charge is 0.396 e. The minimum absolute atomic E-state index is 0.344. The average Bonchev–Trinajstić information content (AvgIpc) is 2.30. The van der Waals surface area contributed by atoms with E-state index in [0.29, 0.717) is 12.5 Å². The maximum Gasteiger partial charge on any atom is 0.0594 e. The SMILES string of the molecule is CC(C)CC[C@H](CO)CCN1CCOCC1. The molecule has 1 fully saturated rings. The van der Waals surface area contributed by atoms with E-state index in [1.54, 1.807) is 0 Å². The molecule has 1 aliphatic rings. The molecule has 0 aliphatic carbocycles. The highest BCUT2D eigenvalue weighted by atomic mass is 16.5. The van der Waals surface area contributed by atoms with Crippen LogP contribution < -0.4 is 0 Å². The van der Waals surface area contributed by atoms with Crippen LogP contribution in [0.2, 0.25) is 0 Å². The third-order valence-electron chi connectivity index (χ3n) is 3.37. The van der Waals surface area contributed by atoms with Crippen molar-refractivity contribution in [1.82, 2.24) is 4.90 Å². The number of aliphatic hydroxyl groups excluding tert-OH is 1. The molecule has 1 aliphatic heterocycles. The van der Waals surface area contributed by atoms with Crippen LogP contribution in [-0.4, -0.2) is 49.5 Å². The first-order chi connectivity index (χ1) is 7.72. The molecule has 3 nitrogen and oxygen atoms in total. The molecule has 0 aromatic carbocycles. The van der Waals surface area contributed by atoms with Crippen molar-refractivity contribution in [3.63, 3.8) is 0 Å². The number of ether oxygens (including phenoxy) is 1. The fraction of sp³-hybridized carbons (Fsp3) is 1.00. The number of hydrogen-bond acceptors (Lipinski definition) is 3. The third kappa shape index (κ3) is 5.83. The first kappa shape index (κ1) is 13.9. The van der Waals surface area contributed by atoms with Crippen LogP contribution in [0.5, 0.6) is 0 Å². The summed E-state index contributed by atoms with van der Waals surface area (Å²) in [6.07, 6.45) is 3.52. The lowest BCUT2D eigenvalue weighted by atomic mass is 9.95. The lowest BCUT2D eigenvalue weighted by molar-refractivity contribution is 0.0335. The molecule has 1 rings (SSSR count). The normalized spacial score (nSPS) is 20.2. The van der Waals surface area contributed by atoms with Gasteiger partial charge in [-0.05, 0) is 31.2 Å². The van der Waals surface area contributed by atoms with Gasteiger partial charge in [0, 0.05) is 19.7 Å². The summed E-state index contributed by atoms with van der Waals surface area (Å²) in [7, 11) is 0. The van der Waals surface area contributed by atoms with Gasteiger partial charge >= 0.3 is 0 Å². The van der Waals surface area contributed by atoms with E-state index in [1.807, 2.05) is 0 Å². The Morgan fingerprint density at radius 1 is 1.12 bits per heavy atom. The fourth-order valence-corrected chi connectivity index (χ4v) is 2.09. The third-order valence-corrected chi connectivity index (χ3v) is 3.37. The molecular formula is C13H27NO2. The van der Waals surface area contributed by atoms with E-state index in [4.69, 9.17) is 4.74 Å². The lowest BCUT2D eigenvalue weighted by Gasteiger charge is -2.28. The zero-order valence-corrected chi connectivity index (χ0v) is 10.8. The molecule has 1 saturated heterocycles. The summed E-state index contributed by atoms with van der Waals surface area (Å²) in [5.74, 6) is 1.24. The molecule has 0 unspecified atom stereocenters. The number of hydrogen-bond donors (Lipinski definition) is 1. The number of nitrogens with zero attached hydrogens (tertiary/aromatic N) is 1. The maximum atomic E-state index is 9.33. The van der Waals surface area contributed by atoms with Gasteiger partial charge in [-0.25, -0.2) is 0 Å². The molecular weight excluding hydrogens is 202 g/mol. The summed E-state index contributed by atoms with van der Waals surface area (Å²) in [6.45, 7) is 9.81. The van der Waals surface area contributed by atoms with Gasteiger partial charge < -0.3 is 9.84 Å². The molecule has 3 heteroatoms. The molecule has 16 heavy (non-hydrogen) atoms. The van der Waals surface area contributed by atoms with Crippen molar-refractivity contribution in [1.29, 1.82) is 0 Å². The Labute approximate surface area is 99.8 Å². The molecule has 0 bridgehead atoms. The summed E-state index contributed by atoms with van der Waals surface area (Å²) in [4.78, 5) is 2.45. The van der Waals surface area contributed by atoms with E-state index >= 15 is 0 Å². The lowest BCUT2D eigenvalue weighted by Crippen LogP contribution is -2.37. The molecule has 0 radical (unpaired) electrons. The van der Waals surface area contributed by atoms with Gasteiger partial charge in [0.1, 0.15) is 0 Å². The maximum absolute atomic E-state index is 9.33. The van der Waals surface area contributed by atoms with Gasteiger partial charge in [-0.15, -0.1) is 0 Å². The number of rotatable bonds is 7. The van der Waals surface area contributed by atoms with Crippen LogP contribution in [0.15, 0.2) is 0 Å². The van der Waals surface area contributed by atoms with Crippen LogP contribution in [-0.2, 0) is 4.74 Å². The Hall–Kier alpha value is -0.120. The number of morpholine rings is 1. The van der Waals surface area contributed by atoms with E-state index in [-0.39, 0.29) is 0 Å². The summed E-state index contributed by atoms with van der Waals surface area (Å²) in [5.41, 5.74) is 0. The average molecular weight is 229 g/mol. The van der Waals surface area contributed by atoms with Crippen LogP contribution in [0.3, 0.4) is 0 Å². The molecule has 0 saturated carbocycles. The summed E-state index contributed by atoms with van der Waals surface area (Å²) in [6, 6.07) is 0. The standard InChI is InChI=1S/C13H27NO2/c1-12(2)3-4-13(11-15)5-6-14-7-9-16-10-8-14/h12-13,15H,3-11H2,1-2H3/t13-/m0/s1. The highest BCUT2D eigenvalue weighted by Crippen LogP contribution is 2.15. The first-order valence-electron chi connectivity index (χ1n) is 6.63. The minimum atomic E-state index is 0.344. The van der Waals surface area contributed by atoms with E-state index in [1.165, 1.54) is 12.8 Å². The number of aliphatic hydroxyl groups is 1. The molecule has 1 N–H and O–H groups in total. The van der Waals surface area contributed by atoms with Gasteiger partial charge in [0.25, 0.3) is 0 Å². The summed E-state index contributed by atoms with van der Waals surface area (Å²) in [5, 5.41) is 9.33. The molecule has 0 amide bonds. The van der Waals surface area contributed by atoms with Crippen molar-refractivity contribution in [2.75, 3.05) is 39.5 Å². The molecule has 96 valence electrons. The highest BCUT2D eigenvalue weighted by molar-refractivity contribution is 4.66. The molecule has 1 heterocycles. The van der Waals surface area contributed by atoms with Crippen molar-refractivity contribution in [3.05, 3.63) is 0 Å². The van der Waals surface area contributed by atoms with Gasteiger partial charge in [-0.3, -0.25) is 4.90 Å². The Balaban J connectivity index is 2.11. The van der Waals surface area contributed by atoms with Crippen LogP contribution in [0, 0.1) is 11.8 Å². The zero-order valence-electron chi connectivity index (χ0n) is 10.8. The van der Waals surface area contributed by atoms with Crippen LogP contribution in [0.4, 0.5) is 0 Å². The van der Waals surface area contributed by atoms with E-state index in [0.717, 1.165) is 45.2 Å². The van der Waals surface area contributed by atoms with Crippen LogP contribution in [0.25, 0.3) is 0 Å². The zero-order chi connectivity index (χ0) is 11.8. The van der Waals surface area contributed by atoms with Gasteiger partial charge in [0.2, 0.25) is 0 Å². The topological polar surface area (TPSA) is 32.7 Å². The van der Waals surface area contributed by atoms with Gasteiger partial charge in [0.05, 0.1) is 13.2 Å². The molecule has 1 atom stereocenters. The van der Waals surface area contributed by atoms with Gasteiger partial charge in [-0.1, -0.05) is 20.3 Å². The second kappa shape index (κ2) is 8.04. The summed E-state index contributed by atoms with van der Waals surface area (Å²) >= 11 is 0. The van der Waals surface area contributed by atoms with Gasteiger partial charge in [-0.2, -0.15) is 0 Å². The van der Waals surface area contributed by atoms with Crippen LogP contribution >= 0.6 is 0 Å². The second-order valence-corrected chi connectivity index (χ2v) is 5.26. The molecule has 0 aromatic rings. The molecule has 0 aromatic heterocycles. The Kier molecular flexibility index (Phi) is 7.01. The predicted molar refractivity (Wildman–Crippen MR) is 66.5 cm³/mol. The highest BCUT2D eigenvalue weighted by Gasteiger charge is 2.13. The first-order valence-corrected chi connectivity index (χ1v) is 6.63. The predicted octanol–water partition coefficient (Wildman–Crippen LogP) is 1.75. The Morgan fingerprint density at radius 2 is 1.81 bits per heavy atom. The fourth-order valence-electron chi connectivity index (χ4n) is 2.09. The van der Waals surface area contributed by atoms with Crippen LogP contribution in [0.1, 0.15) is 33.1 Å². The minimum Gasteiger partial charge on any atom is -0.396 e. The van der Waals surface area contributed by atoms with Crippen molar-refractivity contribution in [2.24, 2.45) is 11.8 Å². The smallest absolute Gasteiger partial charge is 0.0594 e. The van der Waals surface area contributed by atoms with E-state index < -0.39 is 0 Å². The van der Waals surface area contributed by atoms with E-state index in [2.05, 4.69) is 18.7 Å². The quantitative estimate of drug-likeness (QED) is 0.722.